The Hall–Kier alpha value is -2.34. The molecule has 0 radical (unpaired) electrons. The average Bonchev–Trinajstić information content (AvgIpc) is 3.11. The van der Waals surface area contributed by atoms with E-state index in [-0.39, 0.29) is 5.91 Å². The third-order valence-electron chi connectivity index (χ3n) is 3.33. The van der Waals surface area contributed by atoms with Gasteiger partial charge < -0.3 is 16.0 Å². The van der Waals surface area contributed by atoms with Gasteiger partial charge in [0.05, 0.1) is 6.54 Å². The van der Waals surface area contributed by atoms with Crippen molar-refractivity contribution < 1.29 is 4.79 Å². The van der Waals surface area contributed by atoms with Crippen LogP contribution in [0.25, 0.3) is 0 Å². The van der Waals surface area contributed by atoms with Gasteiger partial charge >= 0.3 is 0 Å². The summed E-state index contributed by atoms with van der Waals surface area (Å²) in [6.07, 6.45) is 0. The molecule has 0 aliphatic heterocycles. The summed E-state index contributed by atoms with van der Waals surface area (Å²) in [6.45, 7) is 6.64. The summed E-state index contributed by atoms with van der Waals surface area (Å²) in [4.78, 5) is 16.5. The molecule has 0 saturated carbocycles. The van der Waals surface area contributed by atoms with Crippen LogP contribution in [0.5, 0.6) is 0 Å². The number of benzene rings is 1. The van der Waals surface area contributed by atoms with E-state index in [2.05, 4.69) is 37.8 Å². The number of nitrogens with one attached hydrogen (secondary N) is 3. The molecule has 0 saturated heterocycles. The van der Waals surface area contributed by atoms with Crippen molar-refractivity contribution >= 4 is 23.2 Å². The van der Waals surface area contributed by atoms with E-state index < -0.39 is 0 Å². The highest BCUT2D eigenvalue weighted by Crippen LogP contribution is 2.07. The molecule has 0 aliphatic rings. The van der Waals surface area contributed by atoms with E-state index in [0.717, 1.165) is 18.1 Å². The number of guanidine groups is 1. The highest BCUT2D eigenvalue weighted by molar-refractivity contribution is 7.07. The van der Waals surface area contributed by atoms with Crippen molar-refractivity contribution in [1.82, 2.24) is 16.0 Å². The summed E-state index contributed by atoms with van der Waals surface area (Å²) >= 11 is 1.68. The van der Waals surface area contributed by atoms with Crippen LogP contribution in [0.2, 0.25) is 0 Å². The number of hydrogen-bond acceptors (Lipinski definition) is 3. The predicted molar refractivity (Wildman–Crippen MR) is 100 cm³/mol. The molecule has 0 fully saturated rings. The van der Waals surface area contributed by atoms with Crippen molar-refractivity contribution in [2.75, 3.05) is 13.1 Å². The van der Waals surface area contributed by atoms with Crippen LogP contribution in [0.4, 0.5) is 0 Å². The Labute approximate surface area is 147 Å². The summed E-state index contributed by atoms with van der Waals surface area (Å²) in [5, 5.41) is 13.5. The van der Waals surface area contributed by atoms with Gasteiger partial charge in [0.2, 0.25) is 0 Å². The highest BCUT2D eigenvalue weighted by Gasteiger charge is 2.05. The maximum atomic E-state index is 11.9. The van der Waals surface area contributed by atoms with Crippen LogP contribution < -0.4 is 16.0 Å². The fourth-order valence-corrected chi connectivity index (χ4v) is 2.83. The molecule has 128 valence electrons. The topological polar surface area (TPSA) is 65.5 Å². The molecule has 1 heterocycles. The van der Waals surface area contributed by atoms with Gasteiger partial charge in [0.1, 0.15) is 0 Å². The Morgan fingerprint density at radius 3 is 2.62 bits per heavy atom. The second-order valence-electron chi connectivity index (χ2n) is 5.24. The zero-order valence-corrected chi connectivity index (χ0v) is 15.0. The van der Waals surface area contributed by atoms with Gasteiger partial charge in [-0.3, -0.25) is 4.79 Å². The lowest BCUT2D eigenvalue weighted by atomic mass is 10.1. The van der Waals surface area contributed by atoms with Crippen LogP contribution >= 0.6 is 11.3 Å². The largest absolute Gasteiger partial charge is 0.357 e. The van der Waals surface area contributed by atoms with Crippen LogP contribution in [0.3, 0.4) is 0 Å². The van der Waals surface area contributed by atoms with E-state index in [4.69, 9.17) is 0 Å². The molecule has 1 amide bonds. The first kappa shape index (κ1) is 18.0. The van der Waals surface area contributed by atoms with Crippen LogP contribution in [-0.4, -0.2) is 25.0 Å². The molecule has 1 aromatic carbocycles. The standard InChI is InChI=1S/C18H24N4OS/c1-3-19-17(23)16-7-5-6-14(10-16)11-21-18(20-4-2)22-12-15-8-9-24-13-15/h5-10,13H,3-4,11-12H2,1-2H3,(H,19,23)(H2,20,21,22). The lowest BCUT2D eigenvalue weighted by Gasteiger charge is -2.12. The van der Waals surface area contributed by atoms with Gasteiger partial charge in [-0.1, -0.05) is 12.1 Å². The molecule has 5 nitrogen and oxygen atoms in total. The monoisotopic (exact) mass is 344 g/mol. The molecule has 2 rings (SSSR count). The average molecular weight is 344 g/mol. The lowest BCUT2D eigenvalue weighted by molar-refractivity contribution is 0.0955. The van der Waals surface area contributed by atoms with Crippen molar-refractivity contribution in [3.05, 3.63) is 57.8 Å². The number of hydrogen-bond donors (Lipinski definition) is 3. The van der Waals surface area contributed by atoms with E-state index in [0.29, 0.717) is 25.2 Å². The van der Waals surface area contributed by atoms with Gasteiger partial charge in [-0.2, -0.15) is 11.3 Å². The SMILES string of the molecule is CCNC(=O)c1cccc(CNC(=NCc2ccsc2)NCC)c1. The Bertz CT molecular complexity index is 667. The molecule has 0 bridgehead atoms. The fourth-order valence-electron chi connectivity index (χ4n) is 2.17. The first-order valence-corrected chi connectivity index (χ1v) is 9.07. The van der Waals surface area contributed by atoms with Crippen LogP contribution in [0.1, 0.15) is 35.3 Å². The zero-order valence-electron chi connectivity index (χ0n) is 14.1. The smallest absolute Gasteiger partial charge is 0.251 e. The number of carbonyl (C=O) groups is 1. The lowest BCUT2D eigenvalue weighted by Crippen LogP contribution is -2.36. The van der Waals surface area contributed by atoms with Crippen LogP contribution in [0.15, 0.2) is 46.1 Å². The third kappa shape index (κ3) is 5.70. The summed E-state index contributed by atoms with van der Waals surface area (Å²) in [5.41, 5.74) is 2.92. The molecular formula is C18H24N4OS. The maximum Gasteiger partial charge on any atom is 0.251 e. The maximum absolute atomic E-state index is 11.9. The van der Waals surface area contributed by atoms with Crippen molar-refractivity contribution in [3.63, 3.8) is 0 Å². The summed E-state index contributed by atoms with van der Waals surface area (Å²) in [6, 6.07) is 9.70. The minimum atomic E-state index is -0.0441. The predicted octanol–water partition coefficient (Wildman–Crippen LogP) is 2.75. The molecule has 3 N–H and O–H groups in total. The number of nitrogens with zero attached hydrogens (tertiary/aromatic N) is 1. The Balaban J connectivity index is 1.97. The number of thiophene rings is 1. The van der Waals surface area contributed by atoms with E-state index in [9.17, 15) is 4.79 Å². The van der Waals surface area contributed by atoms with E-state index in [1.54, 1.807) is 11.3 Å². The van der Waals surface area contributed by atoms with Crippen molar-refractivity contribution in [2.24, 2.45) is 4.99 Å². The fraction of sp³-hybridized carbons (Fsp3) is 0.333. The van der Waals surface area contributed by atoms with E-state index in [1.807, 2.05) is 38.1 Å². The number of carbonyl (C=O) groups excluding carboxylic acids is 1. The van der Waals surface area contributed by atoms with Crippen molar-refractivity contribution in [1.29, 1.82) is 0 Å². The minimum Gasteiger partial charge on any atom is -0.357 e. The molecule has 0 atom stereocenters. The van der Waals surface area contributed by atoms with Crippen molar-refractivity contribution in [3.8, 4) is 0 Å². The highest BCUT2D eigenvalue weighted by atomic mass is 32.1. The molecule has 0 aliphatic carbocycles. The Morgan fingerprint density at radius 1 is 1.08 bits per heavy atom. The first-order chi connectivity index (χ1) is 11.7. The summed E-state index contributed by atoms with van der Waals surface area (Å²) in [5.74, 6) is 0.726. The molecule has 2 aromatic rings. The zero-order chi connectivity index (χ0) is 17.2. The van der Waals surface area contributed by atoms with Gasteiger partial charge in [0.25, 0.3) is 5.91 Å². The van der Waals surface area contributed by atoms with Crippen molar-refractivity contribution in [2.45, 2.75) is 26.9 Å². The molecule has 0 unspecified atom stereocenters. The first-order valence-electron chi connectivity index (χ1n) is 8.13. The summed E-state index contributed by atoms with van der Waals surface area (Å²) < 4.78 is 0. The Morgan fingerprint density at radius 2 is 1.92 bits per heavy atom. The Kier molecular flexibility index (Phi) is 7.29. The summed E-state index contributed by atoms with van der Waals surface area (Å²) in [7, 11) is 0. The number of amides is 1. The molecule has 1 aromatic heterocycles. The second-order valence-corrected chi connectivity index (χ2v) is 6.02. The van der Waals surface area contributed by atoms with Crippen LogP contribution in [-0.2, 0) is 13.1 Å². The van der Waals surface area contributed by atoms with Gasteiger partial charge in [-0.05, 0) is 53.9 Å². The third-order valence-corrected chi connectivity index (χ3v) is 4.06. The number of rotatable bonds is 7. The van der Waals surface area contributed by atoms with Gasteiger partial charge in [-0.15, -0.1) is 0 Å². The molecule has 0 spiro atoms. The minimum absolute atomic E-state index is 0.0441. The van der Waals surface area contributed by atoms with E-state index in [1.165, 1.54) is 5.56 Å². The van der Waals surface area contributed by atoms with Gasteiger partial charge in [0, 0.05) is 25.2 Å². The van der Waals surface area contributed by atoms with Gasteiger partial charge in [-0.25, -0.2) is 4.99 Å². The number of aliphatic imine (C=N–C) groups is 1. The quantitative estimate of drug-likeness (QED) is 0.534. The van der Waals surface area contributed by atoms with Crippen LogP contribution in [0, 0.1) is 0 Å². The van der Waals surface area contributed by atoms with Gasteiger partial charge in [0.15, 0.2) is 5.96 Å². The molecular weight excluding hydrogens is 320 g/mol. The normalized spacial score (nSPS) is 11.2. The molecule has 24 heavy (non-hydrogen) atoms. The second kappa shape index (κ2) is 9.72. The molecule has 6 heteroatoms. The van der Waals surface area contributed by atoms with E-state index >= 15 is 0 Å².